The van der Waals surface area contributed by atoms with Crippen molar-refractivity contribution in [3.05, 3.63) is 48.3 Å². The molecule has 2 aromatic rings. The van der Waals surface area contributed by atoms with Gasteiger partial charge in [0.1, 0.15) is 0 Å². The van der Waals surface area contributed by atoms with E-state index in [-0.39, 0.29) is 0 Å². The molecule has 3 heteroatoms. The molecule has 2 heterocycles. The van der Waals surface area contributed by atoms with E-state index in [1.54, 1.807) is 0 Å². The molecular formula is C12H13N3. The molecule has 0 fully saturated rings. The third kappa shape index (κ3) is 1.50. The Morgan fingerprint density at radius 1 is 1.27 bits per heavy atom. The molecule has 0 spiro atoms. The number of rotatable bonds is 1. The minimum Gasteiger partial charge on any atom is -0.383 e. The van der Waals surface area contributed by atoms with Crippen LogP contribution in [-0.2, 0) is 6.42 Å². The number of anilines is 1. The highest BCUT2D eigenvalue weighted by atomic mass is 15.3. The minimum atomic E-state index is 0.440. The third-order valence-electron chi connectivity index (χ3n) is 2.90. The molecule has 76 valence electrons. The summed E-state index contributed by atoms with van der Waals surface area (Å²) < 4.78 is 2.03. The van der Waals surface area contributed by atoms with E-state index in [0.717, 1.165) is 13.0 Å². The van der Waals surface area contributed by atoms with Crippen molar-refractivity contribution in [3.8, 4) is 0 Å². The van der Waals surface area contributed by atoms with Crippen LogP contribution in [0.25, 0.3) is 0 Å². The Morgan fingerprint density at radius 2 is 2.20 bits per heavy atom. The number of hydrogen-bond donors (Lipinski definition) is 1. The Morgan fingerprint density at radius 3 is 3.07 bits per heavy atom. The Bertz CT molecular complexity index is 448. The SMILES string of the molecule is c1ccc2c(c1)CC(n1cccn1)CN2. The van der Waals surface area contributed by atoms with Crippen LogP contribution < -0.4 is 5.32 Å². The molecule has 3 rings (SSSR count). The average molecular weight is 199 g/mol. The first-order chi connectivity index (χ1) is 7.43. The van der Waals surface area contributed by atoms with Crippen molar-refractivity contribution < 1.29 is 0 Å². The molecule has 0 radical (unpaired) electrons. The van der Waals surface area contributed by atoms with Gasteiger partial charge in [-0.1, -0.05) is 18.2 Å². The zero-order chi connectivity index (χ0) is 10.1. The summed E-state index contributed by atoms with van der Waals surface area (Å²) in [5, 5.41) is 7.73. The summed E-state index contributed by atoms with van der Waals surface area (Å²) in [5.41, 5.74) is 2.64. The van der Waals surface area contributed by atoms with Gasteiger partial charge in [0.05, 0.1) is 6.04 Å². The van der Waals surface area contributed by atoms with E-state index in [1.165, 1.54) is 11.3 Å². The fraction of sp³-hybridized carbons (Fsp3) is 0.250. The fourth-order valence-electron chi connectivity index (χ4n) is 2.11. The molecular weight excluding hydrogens is 186 g/mol. The van der Waals surface area contributed by atoms with Crippen molar-refractivity contribution in [2.45, 2.75) is 12.5 Å². The van der Waals surface area contributed by atoms with Crippen molar-refractivity contribution >= 4 is 5.69 Å². The zero-order valence-electron chi connectivity index (χ0n) is 8.43. The second-order valence-electron chi connectivity index (χ2n) is 3.88. The molecule has 1 aliphatic heterocycles. The lowest BCUT2D eigenvalue weighted by atomic mass is 10.00. The van der Waals surface area contributed by atoms with Crippen LogP contribution in [0.2, 0.25) is 0 Å². The van der Waals surface area contributed by atoms with Gasteiger partial charge in [-0.3, -0.25) is 4.68 Å². The first kappa shape index (κ1) is 8.53. The van der Waals surface area contributed by atoms with Gasteiger partial charge in [-0.05, 0) is 24.1 Å². The molecule has 0 amide bonds. The molecule has 0 saturated heterocycles. The van der Waals surface area contributed by atoms with Gasteiger partial charge in [-0.15, -0.1) is 0 Å². The van der Waals surface area contributed by atoms with Gasteiger partial charge in [0.15, 0.2) is 0 Å². The molecule has 0 bridgehead atoms. The monoisotopic (exact) mass is 199 g/mol. The highest BCUT2D eigenvalue weighted by Gasteiger charge is 2.18. The van der Waals surface area contributed by atoms with Crippen molar-refractivity contribution in [1.29, 1.82) is 0 Å². The molecule has 1 unspecified atom stereocenters. The maximum absolute atomic E-state index is 4.29. The summed E-state index contributed by atoms with van der Waals surface area (Å²) >= 11 is 0. The standard InChI is InChI=1S/C12H13N3/c1-2-5-12-10(4-1)8-11(9-13-12)15-7-3-6-14-15/h1-7,11,13H,8-9H2. The van der Waals surface area contributed by atoms with Crippen LogP contribution in [-0.4, -0.2) is 16.3 Å². The highest BCUT2D eigenvalue weighted by Crippen LogP contribution is 2.26. The van der Waals surface area contributed by atoms with Crippen LogP contribution in [0.5, 0.6) is 0 Å². The highest BCUT2D eigenvalue weighted by molar-refractivity contribution is 5.53. The van der Waals surface area contributed by atoms with Gasteiger partial charge in [0.25, 0.3) is 0 Å². The molecule has 1 aromatic carbocycles. The van der Waals surface area contributed by atoms with E-state index in [2.05, 4.69) is 34.7 Å². The first-order valence-electron chi connectivity index (χ1n) is 5.24. The Balaban J connectivity index is 1.89. The summed E-state index contributed by atoms with van der Waals surface area (Å²) in [6.45, 7) is 0.957. The largest absolute Gasteiger partial charge is 0.383 e. The number of hydrogen-bond acceptors (Lipinski definition) is 2. The number of nitrogens with zero attached hydrogens (tertiary/aromatic N) is 2. The van der Waals surface area contributed by atoms with Crippen LogP contribution in [0.1, 0.15) is 11.6 Å². The molecule has 1 aromatic heterocycles. The maximum Gasteiger partial charge on any atom is 0.0732 e. The van der Waals surface area contributed by atoms with Gasteiger partial charge in [-0.2, -0.15) is 5.10 Å². The summed E-state index contributed by atoms with van der Waals surface area (Å²) in [6, 6.07) is 10.9. The zero-order valence-corrected chi connectivity index (χ0v) is 8.43. The molecule has 0 saturated carbocycles. The summed E-state index contributed by atoms with van der Waals surface area (Å²) in [7, 11) is 0. The van der Waals surface area contributed by atoms with Gasteiger partial charge in [0.2, 0.25) is 0 Å². The topological polar surface area (TPSA) is 29.9 Å². The van der Waals surface area contributed by atoms with E-state index in [0.29, 0.717) is 6.04 Å². The average Bonchev–Trinajstić information content (AvgIpc) is 2.82. The van der Waals surface area contributed by atoms with Crippen molar-refractivity contribution in [2.24, 2.45) is 0 Å². The lowest BCUT2D eigenvalue weighted by molar-refractivity contribution is 0.462. The summed E-state index contributed by atoms with van der Waals surface area (Å²) in [5.74, 6) is 0. The number of para-hydroxylation sites is 1. The van der Waals surface area contributed by atoms with Gasteiger partial charge >= 0.3 is 0 Å². The number of nitrogens with one attached hydrogen (secondary N) is 1. The number of benzene rings is 1. The smallest absolute Gasteiger partial charge is 0.0732 e. The Hall–Kier alpha value is -1.77. The Labute approximate surface area is 88.7 Å². The van der Waals surface area contributed by atoms with Crippen LogP contribution in [0.3, 0.4) is 0 Å². The first-order valence-corrected chi connectivity index (χ1v) is 5.24. The molecule has 1 aliphatic rings. The van der Waals surface area contributed by atoms with E-state index < -0.39 is 0 Å². The van der Waals surface area contributed by atoms with Gasteiger partial charge in [-0.25, -0.2) is 0 Å². The van der Waals surface area contributed by atoms with Crippen LogP contribution in [0.4, 0.5) is 5.69 Å². The lowest BCUT2D eigenvalue weighted by Gasteiger charge is -2.26. The molecule has 0 aliphatic carbocycles. The quantitative estimate of drug-likeness (QED) is 0.762. The second-order valence-corrected chi connectivity index (χ2v) is 3.88. The van der Waals surface area contributed by atoms with Crippen molar-refractivity contribution in [3.63, 3.8) is 0 Å². The van der Waals surface area contributed by atoms with E-state index in [1.807, 2.05) is 23.1 Å². The van der Waals surface area contributed by atoms with E-state index >= 15 is 0 Å². The van der Waals surface area contributed by atoms with Crippen LogP contribution in [0.15, 0.2) is 42.7 Å². The molecule has 1 atom stereocenters. The number of aromatic nitrogens is 2. The van der Waals surface area contributed by atoms with Gasteiger partial charge in [0, 0.05) is 24.6 Å². The predicted molar refractivity (Wildman–Crippen MR) is 59.9 cm³/mol. The molecule has 15 heavy (non-hydrogen) atoms. The minimum absolute atomic E-state index is 0.440. The Kier molecular flexibility index (Phi) is 1.95. The van der Waals surface area contributed by atoms with Gasteiger partial charge < -0.3 is 5.32 Å². The normalized spacial score (nSPS) is 19.3. The van der Waals surface area contributed by atoms with Crippen LogP contribution >= 0.6 is 0 Å². The molecule has 1 N–H and O–H groups in total. The van der Waals surface area contributed by atoms with E-state index in [9.17, 15) is 0 Å². The lowest BCUT2D eigenvalue weighted by Crippen LogP contribution is -2.26. The third-order valence-corrected chi connectivity index (χ3v) is 2.90. The summed E-state index contributed by atoms with van der Waals surface area (Å²) in [4.78, 5) is 0. The predicted octanol–water partition coefficient (Wildman–Crippen LogP) is 2.09. The summed E-state index contributed by atoms with van der Waals surface area (Å²) in [6.07, 6.45) is 4.92. The second kappa shape index (κ2) is 3.42. The maximum atomic E-state index is 4.29. The van der Waals surface area contributed by atoms with Crippen molar-refractivity contribution in [1.82, 2.24) is 9.78 Å². The van der Waals surface area contributed by atoms with Crippen molar-refractivity contribution in [2.75, 3.05) is 11.9 Å². The molecule has 3 nitrogen and oxygen atoms in total. The number of fused-ring (bicyclic) bond motifs is 1. The fourth-order valence-corrected chi connectivity index (χ4v) is 2.11. The van der Waals surface area contributed by atoms with E-state index in [4.69, 9.17) is 0 Å². The van der Waals surface area contributed by atoms with Crippen LogP contribution in [0, 0.1) is 0 Å².